The number of pyridine rings is 1. The van der Waals surface area contributed by atoms with Crippen LogP contribution in [0.1, 0.15) is 39.5 Å². The van der Waals surface area contributed by atoms with E-state index < -0.39 is 0 Å². The van der Waals surface area contributed by atoms with Gasteiger partial charge in [-0.05, 0) is 25.5 Å². The van der Waals surface area contributed by atoms with Crippen LogP contribution in [0.4, 0.5) is 0 Å². The van der Waals surface area contributed by atoms with E-state index in [0.29, 0.717) is 5.75 Å². The molecule has 1 unspecified atom stereocenters. The van der Waals surface area contributed by atoms with Crippen LogP contribution in [-0.4, -0.2) is 27.1 Å². The van der Waals surface area contributed by atoms with Gasteiger partial charge < -0.3 is 5.32 Å². The third-order valence-electron chi connectivity index (χ3n) is 3.39. The lowest BCUT2D eigenvalue weighted by molar-refractivity contribution is -0.119. The van der Waals surface area contributed by atoms with Crippen molar-refractivity contribution in [1.29, 1.82) is 0 Å². The van der Waals surface area contributed by atoms with E-state index in [0.717, 1.165) is 17.1 Å². The Hall–Kier alpha value is -1.49. The normalized spacial score (nSPS) is 12.5. The number of nitrogens with zero attached hydrogens (tertiary/aromatic N) is 2. The summed E-state index contributed by atoms with van der Waals surface area (Å²) < 4.78 is 2.00. The van der Waals surface area contributed by atoms with Crippen molar-refractivity contribution in [3.63, 3.8) is 0 Å². The van der Waals surface area contributed by atoms with Crippen molar-refractivity contribution in [2.75, 3.05) is 5.75 Å². The van der Waals surface area contributed by atoms with Gasteiger partial charge in [0.1, 0.15) is 0 Å². The SMILES string of the molecule is CCCCCC(C)NC(=O)CSc1ncc2ccccn12. The van der Waals surface area contributed by atoms with E-state index in [1.165, 1.54) is 31.0 Å². The summed E-state index contributed by atoms with van der Waals surface area (Å²) in [5, 5.41) is 3.91. The molecule has 2 aromatic rings. The number of hydrogen-bond donors (Lipinski definition) is 1. The standard InChI is InChI=1S/C16H23N3OS/c1-3-4-5-8-13(2)18-15(20)12-21-16-17-11-14-9-6-7-10-19(14)16/h6-7,9-11,13H,3-5,8,12H2,1-2H3,(H,18,20). The van der Waals surface area contributed by atoms with Crippen LogP contribution in [0.2, 0.25) is 0 Å². The van der Waals surface area contributed by atoms with Gasteiger partial charge in [0, 0.05) is 12.2 Å². The zero-order valence-corrected chi connectivity index (χ0v) is 13.5. The Morgan fingerprint density at radius 1 is 1.43 bits per heavy atom. The molecule has 0 saturated carbocycles. The fraction of sp³-hybridized carbons (Fsp3) is 0.500. The van der Waals surface area contributed by atoms with Crippen LogP contribution in [0.3, 0.4) is 0 Å². The number of unbranched alkanes of at least 4 members (excludes halogenated alkanes) is 2. The van der Waals surface area contributed by atoms with Crippen LogP contribution >= 0.6 is 11.8 Å². The molecule has 0 radical (unpaired) electrons. The maximum Gasteiger partial charge on any atom is 0.230 e. The molecular weight excluding hydrogens is 282 g/mol. The lowest BCUT2D eigenvalue weighted by Gasteiger charge is -2.13. The van der Waals surface area contributed by atoms with E-state index in [1.54, 1.807) is 0 Å². The van der Waals surface area contributed by atoms with Gasteiger partial charge in [-0.15, -0.1) is 0 Å². The molecule has 1 N–H and O–H groups in total. The molecule has 2 rings (SSSR count). The molecule has 114 valence electrons. The first-order valence-electron chi connectivity index (χ1n) is 7.55. The van der Waals surface area contributed by atoms with Crippen LogP contribution < -0.4 is 5.32 Å². The van der Waals surface area contributed by atoms with Gasteiger partial charge in [-0.25, -0.2) is 4.98 Å². The fourth-order valence-electron chi connectivity index (χ4n) is 2.25. The Bertz CT molecular complexity index is 582. The quantitative estimate of drug-likeness (QED) is 0.599. The summed E-state index contributed by atoms with van der Waals surface area (Å²) in [4.78, 5) is 16.3. The number of amides is 1. The van der Waals surface area contributed by atoms with Gasteiger partial charge in [-0.3, -0.25) is 9.20 Å². The molecule has 0 aliphatic carbocycles. The average Bonchev–Trinajstić information content (AvgIpc) is 2.88. The number of aromatic nitrogens is 2. The van der Waals surface area contributed by atoms with Gasteiger partial charge in [0.2, 0.25) is 5.91 Å². The van der Waals surface area contributed by atoms with Gasteiger partial charge in [0.05, 0.1) is 17.5 Å². The molecule has 0 saturated heterocycles. The highest BCUT2D eigenvalue weighted by Crippen LogP contribution is 2.18. The Morgan fingerprint density at radius 2 is 2.29 bits per heavy atom. The Morgan fingerprint density at radius 3 is 3.10 bits per heavy atom. The van der Waals surface area contributed by atoms with Crippen molar-refractivity contribution in [1.82, 2.24) is 14.7 Å². The summed E-state index contributed by atoms with van der Waals surface area (Å²) in [6.45, 7) is 4.26. The highest BCUT2D eigenvalue weighted by molar-refractivity contribution is 7.99. The molecule has 0 aliphatic rings. The van der Waals surface area contributed by atoms with Gasteiger partial charge in [0.25, 0.3) is 0 Å². The number of carbonyl (C=O) groups excluding carboxylic acids is 1. The second-order valence-electron chi connectivity index (χ2n) is 5.29. The number of rotatable bonds is 8. The van der Waals surface area contributed by atoms with E-state index in [2.05, 4.69) is 24.1 Å². The summed E-state index contributed by atoms with van der Waals surface area (Å²) in [7, 11) is 0. The summed E-state index contributed by atoms with van der Waals surface area (Å²) in [6, 6.07) is 6.21. The van der Waals surface area contributed by atoms with E-state index in [-0.39, 0.29) is 11.9 Å². The monoisotopic (exact) mass is 305 g/mol. The first-order chi connectivity index (χ1) is 10.2. The largest absolute Gasteiger partial charge is 0.353 e. The Balaban J connectivity index is 1.78. The Labute approximate surface area is 130 Å². The molecule has 1 atom stereocenters. The van der Waals surface area contributed by atoms with Crippen LogP contribution in [0, 0.1) is 0 Å². The minimum absolute atomic E-state index is 0.0803. The number of imidazole rings is 1. The molecule has 2 heterocycles. The minimum atomic E-state index is 0.0803. The van der Waals surface area contributed by atoms with E-state index in [1.807, 2.05) is 35.0 Å². The number of carbonyl (C=O) groups is 1. The third kappa shape index (κ3) is 4.77. The summed E-state index contributed by atoms with van der Waals surface area (Å²) >= 11 is 1.47. The number of nitrogens with one attached hydrogen (secondary N) is 1. The van der Waals surface area contributed by atoms with Crippen molar-refractivity contribution in [2.45, 2.75) is 50.7 Å². The molecule has 1 amide bonds. The molecule has 5 heteroatoms. The molecule has 0 aliphatic heterocycles. The first-order valence-corrected chi connectivity index (χ1v) is 8.53. The third-order valence-corrected chi connectivity index (χ3v) is 4.35. The van der Waals surface area contributed by atoms with Crippen molar-refractivity contribution >= 4 is 23.2 Å². The number of thioether (sulfide) groups is 1. The molecule has 0 bridgehead atoms. The molecule has 0 fully saturated rings. The van der Waals surface area contributed by atoms with Crippen molar-refractivity contribution in [3.05, 3.63) is 30.6 Å². The highest BCUT2D eigenvalue weighted by Gasteiger charge is 2.10. The minimum Gasteiger partial charge on any atom is -0.353 e. The average molecular weight is 305 g/mol. The van der Waals surface area contributed by atoms with Gasteiger partial charge >= 0.3 is 0 Å². The van der Waals surface area contributed by atoms with Crippen molar-refractivity contribution < 1.29 is 4.79 Å². The predicted molar refractivity (Wildman–Crippen MR) is 87.7 cm³/mol. The second kappa shape index (κ2) is 8.08. The molecule has 4 nitrogen and oxygen atoms in total. The van der Waals surface area contributed by atoms with Gasteiger partial charge in [-0.1, -0.05) is 44.0 Å². The maximum absolute atomic E-state index is 11.9. The zero-order chi connectivity index (χ0) is 15.1. The van der Waals surface area contributed by atoms with Crippen LogP contribution in [0.5, 0.6) is 0 Å². The molecule has 0 aromatic carbocycles. The lowest BCUT2D eigenvalue weighted by atomic mass is 10.1. The first kappa shape index (κ1) is 15.9. The van der Waals surface area contributed by atoms with E-state index >= 15 is 0 Å². The summed E-state index contributed by atoms with van der Waals surface area (Å²) in [6.07, 6.45) is 8.47. The molecule has 0 spiro atoms. The lowest BCUT2D eigenvalue weighted by Crippen LogP contribution is -2.33. The summed E-state index contributed by atoms with van der Waals surface area (Å²) in [5.41, 5.74) is 1.05. The van der Waals surface area contributed by atoms with Crippen LogP contribution in [-0.2, 0) is 4.79 Å². The van der Waals surface area contributed by atoms with Crippen molar-refractivity contribution in [2.24, 2.45) is 0 Å². The van der Waals surface area contributed by atoms with Gasteiger partial charge in [-0.2, -0.15) is 0 Å². The molecule has 21 heavy (non-hydrogen) atoms. The number of hydrogen-bond acceptors (Lipinski definition) is 3. The van der Waals surface area contributed by atoms with Crippen molar-refractivity contribution in [3.8, 4) is 0 Å². The fourth-order valence-corrected chi connectivity index (χ4v) is 3.02. The zero-order valence-electron chi connectivity index (χ0n) is 12.7. The number of fused-ring (bicyclic) bond motifs is 1. The van der Waals surface area contributed by atoms with Crippen LogP contribution in [0.15, 0.2) is 35.7 Å². The highest BCUT2D eigenvalue weighted by atomic mass is 32.2. The molecular formula is C16H23N3OS. The summed E-state index contributed by atoms with van der Waals surface area (Å²) in [5.74, 6) is 0.489. The molecule has 2 aromatic heterocycles. The topological polar surface area (TPSA) is 46.4 Å². The van der Waals surface area contributed by atoms with E-state index in [9.17, 15) is 4.79 Å². The van der Waals surface area contributed by atoms with Gasteiger partial charge in [0.15, 0.2) is 5.16 Å². The maximum atomic E-state index is 11.9. The predicted octanol–water partition coefficient (Wildman–Crippen LogP) is 3.51. The van der Waals surface area contributed by atoms with Crippen LogP contribution in [0.25, 0.3) is 5.52 Å². The Kier molecular flexibility index (Phi) is 6.11. The smallest absolute Gasteiger partial charge is 0.230 e. The second-order valence-corrected chi connectivity index (χ2v) is 6.23. The van der Waals surface area contributed by atoms with E-state index in [4.69, 9.17) is 0 Å².